The van der Waals surface area contributed by atoms with Gasteiger partial charge in [-0.1, -0.05) is 48.2 Å². The van der Waals surface area contributed by atoms with Crippen molar-refractivity contribution in [3.63, 3.8) is 0 Å². The van der Waals surface area contributed by atoms with E-state index in [1.54, 1.807) is 6.20 Å². The Bertz CT molecular complexity index is 938. The first-order valence-corrected chi connectivity index (χ1v) is 10.8. The minimum Gasteiger partial charge on any atom is -0.330 e. The Balaban J connectivity index is 1.60. The molecule has 7 nitrogen and oxygen atoms in total. The van der Waals surface area contributed by atoms with Gasteiger partial charge in [0.05, 0.1) is 17.5 Å². The SMILES string of the molecule is CC[C@H](C)n1nccc1NC(=O)[C@@H](C)Sc1nnc(Nc2ccccc2C)s1. The number of anilines is 3. The van der Waals surface area contributed by atoms with Gasteiger partial charge in [0, 0.05) is 11.8 Å². The maximum absolute atomic E-state index is 12.6. The molecule has 0 radical (unpaired) electrons. The van der Waals surface area contributed by atoms with Crippen molar-refractivity contribution in [1.29, 1.82) is 0 Å². The van der Waals surface area contributed by atoms with Crippen LogP contribution in [0.3, 0.4) is 0 Å². The molecule has 28 heavy (non-hydrogen) atoms. The molecule has 0 aliphatic carbocycles. The Kier molecular flexibility index (Phi) is 6.69. The van der Waals surface area contributed by atoms with Crippen LogP contribution in [0.5, 0.6) is 0 Å². The Hall–Kier alpha value is -2.39. The maximum Gasteiger partial charge on any atom is 0.238 e. The number of nitrogens with zero attached hydrogens (tertiary/aromatic N) is 4. The van der Waals surface area contributed by atoms with Gasteiger partial charge in [-0.05, 0) is 38.8 Å². The van der Waals surface area contributed by atoms with Crippen LogP contribution in [0.15, 0.2) is 40.9 Å². The monoisotopic (exact) mass is 416 g/mol. The highest BCUT2D eigenvalue weighted by molar-refractivity contribution is 8.02. The van der Waals surface area contributed by atoms with Gasteiger partial charge in [0.25, 0.3) is 0 Å². The highest BCUT2D eigenvalue weighted by atomic mass is 32.2. The summed E-state index contributed by atoms with van der Waals surface area (Å²) in [5.41, 5.74) is 2.14. The second-order valence-corrected chi connectivity index (χ2v) is 9.05. The first kappa shape index (κ1) is 20.3. The van der Waals surface area contributed by atoms with E-state index in [9.17, 15) is 4.79 Å². The summed E-state index contributed by atoms with van der Waals surface area (Å²) in [6.45, 7) is 8.06. The van der Waals surface area contributed by atoms with Crippen molar-refractivity contribution in [2.45, 2.75) is 49.7 Å². The van der Waals surface area contributed by atoms with E-state index in [1.165, 1.54) is 23.1 Å². The lowest BCUT2D eigenvalue weighted by Crippen LogP contribution is -2.24. The van der Waals surface area contributed by atoms with E-state index >= 15 is 0 Å². The van der Waals surface area contributed by atoms with E-state index < -0.39 is 0 Å². The molecule has 9 heteroatoms. The Morgan fingerprint density at radius 1 is 1.25 bits per heavy atom. The zero-order chi connectivity index (χ0) is 20.1. The molecular formula is C19H24N6OS2. The van der Waals surface area contributed by atoms with Gasteiger partial charge in [-0.15, -0.1) is 10.2 Å². The van der Waals surface area contributed by atoms with Crippen LogP contribution in [0.25, 0.3) is 0 Å². The van der Waals surface area contributed by atoms with Crippen LogP contribution in [0, 0.1) is 6.92 Å². The Morgan fingerprint density at radius 2 is 2.04 bits per heavy atom. The molecule has 1 aromatic carbocycles. The molecule has 0 aliphatic heterocycles. The number of thioether (sulfide) groups is 1. The first-order valence-electron chi connectivity index (χ1n) is 9.15. The first-order chi connectivity index (χ1) is 13.5. The standard InChI is InChI=1S/C19H24N6OS2/c1-5-13(3)25-16(10-11-20-25)22-17(26)14(4)27-19-24-23-18(28-19)21-15-9-7-6-8-12(15)2/h6-11,13-14H,5H2,1-4H3,(H,21,23)(H,22,26)/t13-,14+/m0/s1. The fourth-order valence-corrected chi connectivity index (χ4v) is 4.41. The number of carbonyl (C=O) groups is 1. The maximum atomic E-state index is 12.6. The van der Waals surface area contributed by atoms with Crippen LogP contribution < -0.4 is 10.6 Å². The van der Waals surface area contributed by atoms with Crippen molar-refractivity contribution in [1.82, 2.24) is 20.0 Å². The molecule has 0 fully saturated rings. The predicted octanol–water partition coefficient (Wildman–Crippen LogP) is 4.88. The zero-order valence-electron chi connectivity index (χ0n) is 16.3. The third-order valence-corrected chi connectivity index (χ3v) is 6.39. The van der Waals surface area contributed by atoms with Crippen molar-refractivity contribution >= 4 is 45.6 Å². The number of aryl methyl sites for hydroxylation is 1. The molecule has 2 atom stereocenters. The van der Waals surface area contributed by atoms with Crippen LogP contribution in [0.1, 0.15) is 38.8 Å². The van der Waals surface area contributed by atoms with Gasteiger partial charge in [0.2, 0.25) is 11.0 Å². The smallest absolute Gasteiger partial charge is 0.238 e. The van der Waals surface area contributed by atoms with Gasteiger partial charge in [-0.2, -0.15) is 5.10 Å². The van der Waals surface area contributed by atoms with Crippen molar-refractivity contribution in [3.8, 4) is 0 Å². The number of carbonyl (C=O) groups excluding carboxylic acids is 1. The fourth-order valence-electron chi connectivity index (χ4n) is 2.51. The molecule has 3 rings (SSSR count). The highest BCUT2D eigenvalue weighted by Crippen LogP contribution is 2.31. The van der Waals surface area contributed by atoms with E-state index in [-0.39, 0.29) is 17.2 Å². The van der Waals surface area contributed by atoms with Crippen molar-refractivity contribution in [2.24, 2.45) is 0 Å². The number of amides is 1. The molecule has 148 valence electrons. The molecule has 1 amide bonds. The average molecular weight is 417 g/mol. The van der Waals surface area contributed by atoms with E-state index in [4.69, 9.17) is 0 Å². The number of rotatable bonds is 8. The van der Waals surface area contributed by atoms with Gasteiger partial charge in [-0.25, -0.2) is 4.68 Å². The summed E-state index contributed by atoms with van der Waals surface area (Å²) in [6, 6.07) is 10.1. The highest BCUT2D eigenvalue weighted by Gasteiger charge is 2.19. The number of hydrogen-bond donors (Lipinski definition) is 2. The predicted molar refractivity (Wildman–Crippen MR) is 116 cm³/mol. The van der Waals surface area contributed by atoms with Gasteiger partial charge < -0.3 is 10.6 Å². The molecule has 0 saturated carbocycles. The molecule has 0 unspecified atom stereocenters. The second-order valence-electron chi connectivity index (χ2n) is 6.48. The molecule has 3 aromatic rings. The second kappa shape index (κ2) is 9.20. The van der Waals surface area contributed by atoms with Crippen molar-refractivity contribution < 1.29 is 4.79 Å². The number of benzene rings is 1. The molecule has 0 aliphatic rings. The normalized spacial score (nSPS) is 13.1. The molecule has 0 saturated heterocycles. The van der Waals surface area contributed by atoms with E-state index in [0.29, 0.717) is 10.9 Å². The van der Waals surface area contributed by atoms with Gasteiger partial charge in [-0.3, -0.25) is 4.79 Å². The summed E-state index contributed by atoms with van der Waals surface area (Å²) in [5.74, 6) is 0.629. The molecule has 2 aromatic heterocycles. The number of para-hydroxylation sites is 1. The van der Waals surface area contributed by atoms with Crippen LogP contribution in [0.4, 0.5) is 16.6 Å². The molecule has 0 bridgehead atoms. The van der Waals surface area contributed by atoms with Crippen LogP contribution >= 0.6 is 23.1 Å². The lowest BCUT2D eigenvalue weighted by atomic mass is 10.2. The van der Waals surface area contributed by atoms with Crippen molar-refractivity contribution in [2.75, 3.05) is 10.6 Å². The van der Waals surface area contributed by atoms with Gasteiger partial charge in [0.1, 0.15) is 5.82 Å². The number of aromatic nitrogens is 4. The van der Waals surface area contributed by atoms with Gasteiger partial charge >= 0.3 is 0 Å². The minimum atomic E-state index is -0.306. The molecule has 0 spiro atoms. The lowest BCUT2D eigenvalue weighted by molar-refractivity contribution is -0.115. The van der Waals surface area contributed by atoms with Gasteiger partial charge in [0.15, 0.2) is 4.34 Å². The largest absolute Gasteiger partial charge is 0.330 e. The lowest BCUT2D eigenvalue weighted by Gasteiger charge is -2.15. The average Bonchev–Trinajstić information content (AvgIpc) is 3.32. The Labute approximate surface area is 173 Å². The van der Waals surface area contributed by atoms with E-state index in [1.807, 2.05) is 48.9 Å². The van der Waals surface area contributed by atoms with Crippen LogP contribution in [-0.4, -0.2) is 31.1 Å². The minimum absolute atomic E-state index is 0.0846. The molecule has 2 N–H and O–H groups in total. The fraction of sp³-hybridized carbons (Fsp3) is 0.368. The summed E-state index contributed by atoms with van der Waals surface area (Å²) in [6.07, 6.45) is 2.64. The van der Waals surface area contributed by atoms with Crippen LogP contribution in [0.2, 0.25) is 0 Å². The van der Waals surface area contributed by atoms with Crippen LogP contribution in [-0.2, 0) is 4.79 Å². The summed E-state index contributed by atoms with van der Waals surface area (Å²) in [4.78, 5) is 12.6. The summed E-state index contributed by atoms with van der Waals surface area (Å²) in [7, 11) is 0. The van der Waals surface area contributed by atoms with E-state index in [2.05, 4.69) is 39.8 Å². The Morgan fingerprint density at radius 3 is 2.79 bits per heavy atom. The van der Waals surface area contributed by atoms with Crippen molar-refractivity contribution in [3.05, 3.63) is 42.1 Å². The molecular weight excluding hydrogens is 392 g/mol. The summed E-state index contributed by atoms with van der Waals surface area (Å²) >= 11 is 2.83. The van der Waals surface area contributed by atoms with E-state index in [0.717, 1.165) is 22.0 Å². The number of nitrogens with one attached hydrogen (secondary N) is 2. The summed E-state index contributed by atoms with van der Waals surface area (Å²) < 4.78 is 2.58. The third-order valence-electron chi connectivity index (χ3n) is 4.37. The zero-order valence-corrected chi connectivity index (χ0v) is 18.0. The molecule has 2 heterocycles. The number of hydrogen-bond acceptors (Lipinski definition) is 7. The summed E-state index contributed by atoms with van der Waals surface area (Å²) in [5, 5.41) is 19.3. The quantitative estimate of drug-likeness (QED) is 0.509. The third kappa shape index (κ3) is 4.90. The topological polar surface area (TPSA) is 84.7 Å².